The van der Waals surface area contributed by atoms with Crippen LogP contribution in [0.4, 0.5) is 0 Å². The van der Waals surface area contributed by atoms with Crippen molar-refractivity contribution in [2.75, 3.05) is 20.1 Å². The zero-order valence-corrected chi connectivity index (χ0v) is 10.3. The van der Waals surface area contributed by atoms with Gasteiger partial charge in [0.05, 0.1) is 0 Å². The summed E-state index contributed by atoms with van der Waals surface area (Å²) >= 11 is 0. The molecule has 1 saturated heterocycles. The average Bonchev–Trinajstić information content (AvgIpc) is 2.80. The average molecular weight is 236 g/mol. The number of likely N-dealkylation sites (N-methyl/N-ethyl adjacent to an activating group) is 1. The van der Waals surface area contributed by atoms with E-state index >= 15 is 0 Å². The molecule has 1 aliphatic rings. The zero-order valence-electron chi connectivity index (χ0n) is 10.3. The second-order valence-electron chi connectivity index (χ2n) is 4.73. The van der Waals surface area contributed by atoms with Gasteiger partial charge in [-0.3, -0.25) is 4.90 Å². The third-order valence-corrected chi connectivity index (χ3v) is 3.69. The summed E-state index contributed by atoms with van der Waals surface area (Å²) in [5, 5.41) is 22.5. The van der Waals surface area contributed by atoms with E-state index in [1.165, 1.54) is 6.07 Å². The molecule has 0 saturated carbocycles. The zero-order chi connectivity index (χ0) is 12.4. The van der Waals surface area contributed by atoms with Crippen LogP contribution in [0.15, 0.2) is 18.2 Å². The summed E-state index contributed by atoms with van der Waals surface area (Å²) in [5.41, 5.74) is 0.859. The summed E-state index contributed by atoms with van der Waals surface area (Å²) in [7, 11) is 2.08. The van der Waals surface area contributed by atoms with Crippen molar-refractivity contribution in [2.24, 2.45) is 0 Å². The van der Waals surface area contributed by atoms with Gasteiger partial charge in [-0.15, -0.1) is 0 Å². The number of phenolic OH excluding ortho intramolecular Hbond substituents is 2. The van der Waals surface area contributed by atoms with Crippen LogP contribution in [-0.2, 0) is 0 Å². The normalized spacial score (nSPS) is 21.9. The minimum atomic E-state index is 0.101. The molecule has 0 aromatic heterocycles. The summed E-state index contributed by atoms with van der Waals surface area (Å²) in [5.74, 6) is 0.263. The maximum absolute atomic E-state index is 9.85. The molecule has 1 heterocycles. The summed E-state index contributed by atoms with van der Waals surface area (Å²) in [6, 6.07) is 5.45. The lowest BCUT2D eigenvalue weighted by Gasteiger charge is -2.30. The van der Waals surface area contributed by atoms with Crippen molar-refractivity contribution >= 4 is 0 Å². The van der Waals surface area contributed by atoms with Gasteiger partial charge in [-0.1, -0.05) is 6.07 Å². The van der Waals surface area contributed by atoms with Crippen LogP contribution in [-0.4, -0.2) is 41.3 Å². The van der Waals surface area contributed by atoms with E-state index in [2.05, 4.69) is 24.2 Å². The maximum Gasteiger partial charge on any atom is 0.124 e. The molecule has 2 atom stereocenters. The van der Waals surface area contributed by atoms with Gasteiger partial charge in [0.15, 0.2) is 0 Å². The Morgan fingerprint density at radius 1 is 1.41 bits per heavy atom. The number of phenols is 2. The van der Waals surface area contributed by atoms with Crippen LogP contribution in [0.5, 0.6) is 11.5 Å². The van der Waals surface area contributed by atoms with Gasteiger partial charge < -0.3 is 15.5 Å². The molecular weight excluding hydrogens is 216 g/mol. The van der Waals surface area contributed by atoms with E-state index in [1.807, 2.05) is 0 Å². The number of hydrogen-bond acceptors (Lipinski definition) is 4. The maximum atomic E-state index is 9.85. The van der Waals surface area contributed by atoms with Crippen LogP contribution in [0, 0.1) is 0 Å². The first-order valence-corrected chi connectivity index (χ1v) is 6.04. The van der Waals surface area contributed by atoms with Crippen LogP contribution in [0.25, 0.3) is 0 Å². The summed E-state index contributed by atoms with van der Waals surface area (Å²) < 4.78 is 0. The Labute approximate surface area is 102 Å². The quantitative estimate of drug-likeness (QED) is 0.743. The second kappa shape index (κ2) is 4.94. The molecule has 1 aromatic rings. The smallest absolute Gasteiger partial charge is 0.124 e. The van der Waals surface area contributed by atoms with E-state index in [9.17, 15) is 10.2 Å². The summed E-state index contributed by atoms with van der Waals surface area (Å²) in [6.07, 6.45) is 1.14. The lowest BCUT2D eigenvalue weighted by molar-refractivity contribution is 0.194. The fourth-order valence-corrected chi connectivity index (χ4v) is 2.41. The highest BCUT2D eigenvalue weighted by Crippen LogP contribution is 2.32. The molecular formula is C13H20N2O2. The van der Waals surface area contributed by atoms with Crippen LogP contribution in [0.3, 0.4) is 0 Å². The molecule has 1 aliphatic heterocycles. The van der Waals surface area contributed by atoms with Crippen LogP contribution < -0.4 is 5.32 Å². The standard InChI is InChI=1S/C13H20N2O2/c1-9(15(2)10-5-6-14-8-10)12-4-3-11(16)7-13(12)17/h3-4,7,9-10,14,16-17H,5-6,8H2,1-2H3. The van der Waals surface area contributed by atoms with Gasteiger partial charge >= 0.3 is 0 Å². The minimum absolute atomic E-state index is 0.101. The predicted molar refractivity (Wildman–Crippen MR) is 67.2 cm³/mol. The Balaban J connectivity index is 2.15. The Kier molecular flexibility index (Phi) is 3.54. The third-order valence-electron chi connectivity index (χ3n) is 3.69. The third kappa shape index (κ3) is 2.53. The first-order valence-electron chi connectivity index (χ1n) is 6.04. The monoisotopic (exact) mass is 236 g/mol. The van der Waals surface area contributed by atoms with Gasteiger partial charge in [0, 0.05) is 30.3 Å². The van der Waals surface area contributed by atoms with Gasteiger partial charge in [0.1, 0.15) is 11.5 Å². The van der Waals surface area contributed by atoms with Crippen LogP contribution in [0.2, 0.25) is 0 Å². The van der Waals surface area contributed by atoms with Gasteiger partial charge in [-0.25, -0.2) is 0 Å². The van der Waals surface area contributed by atoms with E-state index < -0.39 is 0 Å². The van der Waals surface area contributed by atoms with Gasteiger partial charge in [-0.05, 0) is 33.0 Å². The Morgan fingerprint density at radius 3 is 2.76 bits per heavy atom. The predicted octanol–water partition coefficient (Wildman–Crippen LogP) is 1.45. The topological polar surface area (TPSA) is 55.7 Å². The van der Waals surface area contributed by atoms with Crippen molar-refractivity contribution < 1.29 is 10.2 Å². The molecule has 4 heteroatoms. The molecule has 0 amide bonds. The first kappa shape index (κ1) is 12.2. The SMILES string of the molecule is CC(c1ccc(O)cc1O)N(C)C1CCNC1. The Morgan fingerprint density at radius 2 is 2.18 bits per heavy atom. The van der Waals surface area contributed by atoms with Crippen LogP contribution in [0.1, 0.15) is 24.9 Å². The fourth-order valence-electron chi connectivity index (χ4n) is 2.41. The highest BCUT2D eigenvalue weighted by Gasteiger charge is 2.25. The van der Waals surface area contributed by atoms with Gasteiger partial charge in [0.25, 0.3) is 0 Å². The van der Waals surface area contributed by atoms with E-state index in [4.69, 9.17) is 0 Å². The van der Waals surface area contributed by atoms with E-state index in [0.717, 1.165) is 25.1 Å². The van der Waals surface area contributed by atoms with Crippen molar-refractivity contribution in [3.8, 4) is 11.5 Å². The highest BCUT2D eigenvalue weighted by atomic mass is 16.3. The number of nitrogens with one attached hydrogen (secondary N) is 1. The lowest BCUT2D eigenvalue weighted by Crippen LogP contribution is -2.35. The number of rotatable bonds is 3. The lowest BCUT2D eigenvalue weighted by atomic mass is 10.0. The number of nitrogens with zero attached hydrogens (tertiary/aromatic N) is 1. The number of benzene rings is 1. The molecule has 17 heavy (non-hydrogen) atoms. The number of aromatic hydroxyl groups is 2. The first-order chi connectivity index (χ1) is 8.09. The molecule has 2 rings (SSSR count). The summed E-state index contributed by atoms with van der Waals surface area (Å²) in [4.78, 5) is 2.27. The fraction of sp³-hybridized carbons (Fsp3) is 0.538. The Bertz CT molecular complexity index is 389. The van der Waals surface area contributed by atoms with E-state index in [-0.39, 0.29) is 17.5 Å². The van der Waals surface area contributed by atoms with Crippen molar-refractivity contribution in [1.82, 2.24) is 10.2 Å². The van der Waals surface area contributed by atoms with Crippen molar-refractivity contribution in [2.45, 2.75) is 25.4 Å². The molecule has 94 valence electrons. The molecule has 0 aliphatic carbocycles. The second-order valence-corrected chi connectivity index (χ2v) is 4.73. The molecule has 0 radical (unpaired) electrons. The molecule has 1 fully saturated rings. The van der Waals surface area contributed by atoms with Gasteiger partial charge in [-0.2, -0.15) is 0 Å². The van der Waals surface area contributed by atoms with Crippen molar-refractivity contribution in [3.63, 3.8) is 0 Å². The van der Waals surface area contributed by atoms with Crippen molar-refractivity contribution in [3.05, 3.63) is 23.8 Å². The molecule has 1 aromatic carbocycles. The highest BCUT2D eigenvalue weighted by molar-refractivity contribution is 5.40. The van der Waals surface area contributed by atoms with Gasteiger partial charge in [0.2, 0.25) is 0 Å². The molecule has 0 bridgehead atoms. The molecule has 4 nitrogen and oxygen atoms in total. The minimum Gasteiger partial charge on any atom is -0.508 e. The largest absolute Gasteiger partial charge is 0.508 e. The molecule has 3 N–H and O–H groups in total. The van der Waals surface area contributed by atoms with E-state index in [1.54, 1.807) is 12.1 Å². The van der Waals surface area contributed by atoms with Crippen LogP contribution >= 0.6 is 0 Å². The molecule has 0 spiro atoms. The molecule has 2 unspecified atom stereocenters. The summed E-state index contributed by atoms with van der Waals surface area (Å²) in [6.45, 7) is 4.13. The van der Waals surface area contributed by atoms with Crippen molar-refractivity contribution in [1.29, 1.82) is 0 Å². The van der Waals surface area contributed by atoms with E-state index in [0.29, 0.717) is 6.04 Å². The number of hydrogen-bond donors (Lipinski definition) is 3. The Hall–Kier alpha value is -1.26.